The minimum Gasteiger partial charge on any atom is -0.458 e. The second-order valence-electron chi connectivity index (χ2n) is 6.85. The molecule has 6 nitrogen and oxygen atoms in total. The summed E-state index contributed by atoms with van der Waals surface area (Å²) in [5.74, 6) is -1.61. The third-order valence-electron chi connectivity index (χ3n) is 4.81. The third kappa shape index (κ3) is 4.51. The average molecular weight is 362 g/mol. The Morgan fingerprint density at radius 1 is 1.46 bits per heavy atom. The van der Waals surface area contributed by atoms with Crippen LogP contribution in [0.2, 0.25) is 0 Å². The number of hydrogen-bond donors (Lipinski definition) is 2. The van der Waals surface area contributed by atoms with E-state index in [0.717, 1.165) is 5.57 Å². The molecule has 1 aliphatic carbocycles. The summed E-state index contributed by atoms with van der Waals surface area (Å²) in [5, 5.41) is 19.2. The van der Waals surface area contributed by atoms with E-state index in [1.54, 1.807) is 19.9 Å². The lowest BCUT2D eigenvalue weighted by Gasteiger charge is -2.28. The zero-order valence-electron chi connectivity index (χ0n) is 15.4. The number of rotatable bonds is 3. The van der Waals surface area contributed by atoms with Crippen LogP contribution in [0.5, 0.6) is 0 Å². The molecule has 0 spiro atoms. The Hall–Kier alpha value is -2.18. The Labute approximate surface area is 153 Å². The maximum Gasteiger partial charge on any atom is 0.334 e. The van der Waals surface area contributed by atoms with E-state index in [9.17, 15) is 14.7 Å². The molecule has 26 heavy (non-hydrogen) atoms. The Morgan fingerprint density at radius 3 is 2.81 bits per heavy atom. The Morgan fingerprint density at radius 2 is 2.15 bits per heavy atom. The van der Waals surface area contributed by atoms with Crippen LogP contribution in [-0.2, 0) is 19.1 Å². The van der Waals surface area contributed by atoms with Crippen LogP contribution >= 0.6 is 0 Å². The van der Waals surface area contributed by atoms with Gasteiger partial charge in [0.1, 0.15) is 12.2 Å². The van der Waals surface area contributed by atoms with Crippen molar-refractivity contribution in [1.29, 1.82) is 0 Å². The van der Waals surface area contributed by atoms with Crippen LogP contribution in [-0.4, -0.2) is 47.1 Å². The molecule has 1 saturated heterocycles. The summed E-state index contributed by atoms with van der Waals surface area (Å²) in [4.78, 5) is 24.4. The first-order valence-electron chi connectivity index (χ1n) is 8.65. The molecule has 2 aliphatic rings. The van der Waals surface area contributed by atoms with Crippen molar-refractivity contribution in [3.63, 3.8) is 0 Å². The highest BCUT2D eigenvalue weighted by atomic mass is 16.6. The quantitative estimate of drug-likeness (QED) is 0.453. The standard InChI is InChI=1S/C20H26O6/c1-11-5-6-15(22)13(3)10-17-18(14(4)20(24)26-17)16(9-11)25-19(23)12(2)7-8-21/h5,7,10,15-18,21-22H,4,6,8-9H2,1-3H3/b11-5-,12-7+,13-10-/t15-,16+,17+,18+/m0/s1. The van der Waals surface area contributed by atoms with Gasteiger partial charge in [0, 0.05) is 17.6 Å². The predicted octanol–water partition coefficient (Wildman–Crippen LogP) is 1.98. The smallest absolute Gasteiger partial charge is 0.334 e. The molecule has 0 aromatic carbocycles. The summed E-state index contributed by atoms with van der Waals surface area (Å²) in [5.41, 5.74) is 2.17. The number of esters is 2. The van der Waals surface area contributed by atoms with Crippen LogP contribution in [0.1, 0.15) is 33.6 Å². The molecule has 0 saturated carbocycles. The van der Waals surface area contributed by atoms with E-state index in [1.807, 2.05) is 13.0 Å². The van der Waals surface area contributed by atoms with Crippen LogP contribution in [0.15, 0.2) is 47.1 Å². The number of aliphatic hydroxyl groups is 2. The van der Waals surface area contributed by atoms with Gasteiger partial charge in [0.05, 0.1) is 18.6 Å². The molecule has 1 aliphatic heterocycles. The summed E-state index contributed by atoms with van der Waals surface area (Å²) < 4.78 is 11.1. The highest BCUT2D eigenvalue weighted by molar-refractivity contribution is 5.92. The molecule has 0 radical (unpaired) electrons. The molecule has 0 amide bonds. The van der Waals surface area contributed by atoms with Crippen molar-refractivity contribution in [3.8, 4) is 0 Å². The Kier molecular flexibility index (Phi) is 6.56. The van der Waals surface area contributed by atoms with Crippen molar-refractivity contribution in [2.45, 2.75) is 51.9 Å². The van der Waals surface area contributed by atoms with Crippen LogP contribution in [0.4, 0.5) is 0 Å². The van der Waals surface area contributed by atoms with Gasteiger partial charge in [-0.15, -0.1) is 0 Å². The van der Waals surface area contributed by atoms with Crippen molar-refractivity contribution in [1.82, 2.24) is 0 Å². The maximum absolute atomic E-state index is 12.3. The molecular weight excluding hydrogens is 336 g/mol. The topological polar surface area (TPSA) is 93.1 Å². The molecule has 2 rings (SSSR count). The SMILES string of the molecule is C=C1C(=O)O[C@@H]2/C=C(/C)[C@@H](O)C/C=C(/C)C[C@@H](OC(=O)/C(C)=C/CO)[C@@H]12. The summed E-state index contributed by atoms with van der Waals surface area (Å²) >= 11 is 0. The minimum absolute atomic E-state index is 0.253. The van der Waals surface area contributed by atoms with E-state index in [0.29, 0.717) is 24.0 Å². The van der Waals surface area contributed by atoms with Gasteiger partial charge in [0.2, 0.25) is 0 Å². The first kappa shape index (κ1) is 20.1. The number of carbonyl (C=O) groups excluding carboxylic acids is 2. The second-order valence-corrected chi connectivity index (χ2v) is 6.85. The fourth-order valence-electron chi connectivity index (χ4n) is 3.14. The van der Waals surface area contributed by atoms with E-state index in [1.165, 1.54) is 6.08 Å². The number of fused-ring (bicyclic) bond motifs is 1. The summed E-state index contributed by atoms with van der Waals surface area (Å²) in [6.45, 7) is 8.79. The average Bonchev–Trinajstić information content (AvgIpc) is 2.85. The fraction of sp³-hybridized carbons (Fsp3) is 0.500. The van der Waals surface area contributed by atoms with Crippen LogP contribution in [0, 0.1) is 5.92 Å². The largest absolute Gasteiger partial charge is 0.458 e. The van der Waals surface area contributed by atoms with Gasteiger partial charge in [-0.25, -0.2) is 9.59 Å². The van der Waals surface area contributed by atoms with Gasteiger partial charge in [0.15, 0.2) is 0 Å². The molecular formula is C20H26O6. The molecule has 6 heteroatoms. The molecule has 2 N–H and O–H groups in total. The lowest BCUT2D eigenvalue weighted by Crippen LogP contribution is -2.34. The summed E-state index contributed by atoms with van der Waals surface area (Å²) in [7, 11) is 0. The molecule has 1 heterocycles. The van der Waals surface area contributed by atoms with Crippen LogP contribution in [0.3, 0.4) is 0 Å². The van der Waals surface area contributed by atoms with Gasteiger partial charge in [-0.2, -0.15) is 0 Å². The van der Waals surface area contributed by atoms with Gasteiger partial charge in [-0.1, -0.05) is 18.2 Å². The molecule has 4 atom stereocenters. The highest BCUT2D eigenvalue weighted by Gasteiger charge is 2.44. The molecule has 142 valence electrons. The van der Waals surface area contributed by atoms with Gasteiger partial charge >= 0.3 is 11.9 Å². The highest BCUT2D eigenvalue weighted by Crippen LogP contribution is 2.36. The van der Waals surface area contributed by atoms with Gasteiger partial charge in [-0.05, 0) is 44.9 Å². The number of hydrogen-bond acceptors (Lipinski definition) is 6. The van der Waals surface area contributed by atoms with Crippen molar-refractivity contribution < 1.29 is 29.3 Å². The van der Waals surface area contributed by atoms with Gasteiger partial charge in [0.25, 0.3) is 0 Å². The van der Waals surface area contributed by atoms with Crippen molar-refractivity contribution in [3.05, 3.63) is 47.1 Å². The van der Waals surface area contributed by atoms with E-state index in [2.05, 4.69) is 6.58 Å². The lowest BCUT2D eigenvalue weighted by molar-refractivity contribution is -0.147. The molecule has 0 aromatic rings. The van der Waals surface area contributed by atoms with Crippen molar-refractivity contribution in [2.75, 3.05) is 6.61 Å². The van der Waals surface area contributed by atoms with Gasteiger partial charge < -0.3 is 19.7 Å². The lowest BCUT2D eigenvalue weighted by atomic mass is 9.85. The Bertz CT molecular complexity index is 684. The fourth-order valence-corrected chi connectivity index (χ4v) is 3.14. The van der Waals surface area contributed by atoms with Gasteiger partial charge in [-0.3, -0.25) is 0 Å². The number of ether oxygens (including phenoxy) is 2. The summed E-state index contributed by atoms with van der Waals surface area (Å²) in [6, 6.07) is 0. The normalized spacial score (nSPS) is 34.1. The number of carbonyl (C=O) groups is 2. The molecule has 0 aromatic heterocycles. The van der Waals surface area contributed by atoms with E-state index in [-0.39, 0.29) is 12.2 Å². The third-order valence-corrected chi connectivity index (χ3v) is 4.81. The minimum atomic E-state index is -0.660. The first-order chi connectivity index (χ1) is 12.2. The van der Waals surface area contributed by atoms with E-state index < -0.39 is 36.2 Å². The zero-order valence-corrected chi connectivity index (χ0v) is 15.4. The molecule has 1 fully saturated rings. The first-order valence-corrected chi connectivity index (χ1v) is 8.65. The molecule has 0 unspecified atom stereocenters. The Balaban J connectivity index is 2.39. The van der Waals surface area contributed by atoms with Crippen molar-refractivity contribution >= 4 is 11.9 Å². The molecule has 0 bridgehead atoms. The van der Waals surface area contributed by atoms with Crippen molar-refractivity contribution in [2.24, 2.45) is 5.92 Å². The monoisotopic (exact) mass is 362 g/mol. The summed E-state index contributed by atoms with van der Waals surface area (Å²) in [6.07, 6.45) is 3.87. The van der Waals surface area contributed by atoms with Crippen LogP contribution < -0.4 is 0 Å². The number of aliphatic hydroxyl groups excluding tert-OH is 2. The predicted molar refractivity (Wildman–Crippen MR) is 96.0 cm³/mol. The maximum atomic E-state index is 12.3. The van der Waals surface area contributed by atoms with E-state index in [4.69, 9.17) is 14.6 Å². The van der Waals surface area contributed by atoms with Crippen LogP contribution in [0.25, 0.3) is 0 Å². The second kappa shape index (κ2) is 8.47. The zero-order chi connectivity index (χ0) is 19.4. The van der Waals surface area contributed by atoms with E-state index >= 15 is 0 Å².